The molecule has 0 radical (unpaired) electrons. The Balaban J connectivity index is 2.45. The van der Waals surface area contributed by atoms with E-state index in [1.54, 1.807) is 11.8 Å². The molecular formula is C12H20N2OS. The first kappa shape index (κ1) is 13.5. The van der Waals surface area contributed by atoms with E-state index in [1.165, 1.54) is 5.56 Å². The first-order chi connectivity index (χ1) is 7.51. The van der Waals surface area contributed by atoms with E-state index >= 15 is 0 Å². The SMILES string of the molecule is CC(C)(C)NCc1ccc(SCCO)nc1. The largest absolute Gasteiger partial charge is 0.396 e. The molecule has 0 spiro atoms. The van der Waals surface area contributed by atoms with Crippen molar-refractivity contribution in [1.82, 2.24) is 10.3 Å². The van der Waals surface area contributed by atoms with E-state index in [9.17, 15) is 0 Å². The summed E-state index contributed by atoms with van der Waals surface area (Å²) in [6, 6.07) is 4.07. The van der Waals surface area contributed by atoms with Gasteiger partial charge in [-0.25, -0.2) is 4.98 Å². The minimum atomic E-state index is 0.129. The highest BCUT2D eigenvalue weighted by atomic mass is 32.2. The standard InChI is InChI=1S/C12H20N2OS/c1-12(2,3)14-9-10-4-5-11(13-8-10)16-7-6-15/h4-5,8,14-15H,6-7,9H2,1-3H3. The summed E-state index contributed by atoms with van der Waals surface area (Å²) in [5.41, 5.74) is 1.31. The first-order valence-electron chi connectivity index (χ1n) is 5.45. The van der Waals surface area contributed by atoms with Crippen LogP contribution >= 0.6 is 11.8 Å². The van der Waals surface area contributed by atoms with Gasteiger partial charge >= 0.3 is 0 Å². The van der Waals surface area contributed by atoms with E-state index in [-0.39, 0.29) is 12.1 Å². The molecule has 16 heavy (non-hydrogen) atoms. The van der Waals surface area contributed by atoms with Gasteiger partial charge in [0.15, 0.2) is 0 Å². The van der Waals surface area contributed by atoms with Crippen LogP contribution in [0, 0.1) is 0 Å². The number of hydrogen-bond donors (Lipinski definition) is 2. The van der Waals surface area contributed by atoms with Gasteiger partial charge in [0.2, 0.25) is 0 Å². The van der Waals surface area contributed by atoms with Crippen molar-refractivity contribution >= 4 is 11.8 Å². The van der Waals surface area contributed by atoms with Crippen LogP contribution in [0.2, 0.25) is 0 Å². The van der Waals surface area contributed by atoms with E-state index in [2.05, 4.69) is 37.1 Å². The molecule has 0 bridgehead atoms. The predicted molar refractivity (Wildman–Crippen MR) is 68.6 cm³/mol. The molecule has 0 saturated heterocycles. The second kappa shape index (κ2) is 6.23. The Morgan fingerprint density at radius 1 is 1.38 bits per heavy atom. The van der Waals surface area contributed by atoms with Crippen molar-refractivity contribution in [2.75, 3.05) is 12.4 Å². The average Bonchev–Trinajstić information content (AvgIpc) is 2.24. The summed E-state index contributed by atoms with van der Waals surface area (Å²) in [6.45, 7) is 7.46. The summed E-state index contributed by atoms with van der Waals surface area (Å²) in [5, 5.41) is 13.1. The lowest BCUT2D eigenvalue weighted by Crippen LogP contribution is -2.35. The van der Waals surface area contributed by atoms with Crippen molar-refractivity contribution in [3.8, 4) is 0 Å². The third-order valence-corrected chi connectivity index (χ3v) is 2.89. The van der Waals surface area contributed by atoms with Crippen LogP contribution in [0.25, 0.3) is 0 Å². The van der Waals surface area contributed by atoms with Gasteiger partial charge in [-0.3, -0.25) is 0 Å². The minimum Gasteiger partial charge on any atom is -0.396 e. The Hall–Kier alpha value is -0.580. The number of aliphatic hydroxyl groups excluding tert-OH is 1. The smallest absolute Gasteiger partial charge is 0.0960 e. The van der Waals surface area contributed by atoms with E-state index < -0.39 is 0 Å². The van der Waals surface area contributed by atoms with Crippen molar-refractivity contribution in [3.05, 3.63) is 23.9 Å². The molecule has 0 aliphatic carbocycles. The Labute approximate surface area is 102 Å². The summed E-state index contributed by atoms with van der Waals surface area (Å²) >= 11 is 1.57. The van der Waals surface area contributed by atoms with Crippen molar-refractivity contribution in [2.24, 2.45) is 0 Å². The second-order valence-electron chi connectivity index (χ2n) is 4.68. The molecule has 1 aromatic rings. The number of hydrogen-bond acceptors (Lipinski definition) is 4. The molecule has 1 rings (SSSR count). The van der Waals surface area contributed by atoms with Crippen LogP contribution in [0.1, 0.15) is 26.3 Å². The maximum absolute atomic E-state index is 8.70. The molecule has 3 nitrogen and oxygen atoms in total. The van der Waals surface area contributed by atoms with Gasteiger partial charge in [0.25, 0.3) is 0 Å². The van der Waals surface area contributed by atoms with Gasteiger partial charge in [-0.05, 0) is 32.4 Å². The monoisotopic (exact) mass is 240 g/mol. The minimum absolute atomic E-state index is 0.129. The van der Waals surface area contributed by atoms with Crippen LogP contribution in [-0.4, -0.2) is 28.0 Å². The zero-order valence-corrected chi connectivity index (χ0v) is 11.0. The molecule has 0 atom stereocenters. The topological polar surface area (TPSA) is 45.1 Å². The van der Waals surface area contributed by atoms with Gasteiger partial charge < -0.3 is 10.4 Å². The summed E-state index contributed by atoms with van der Waals surface area (Å²) in [7, 11) is 0. The van der Waals surface area contributed by atoms with E-state index in [0.29, 0.717) is 5.75 Å². The zero-order valence-electron chi connectivity index (χ0n) is 10.2. The van der Waals surface area contributed by atoms with E-state index in [1.807, 2.05) is 12.3 Å². The fourth-order valence-electron chi connectivity index (χ4n) is 1.12. The lowest BCUT2D eigenvalue weighted by Gasteiger charge is -2.20. The molecule has 1 heterocycles. The fraction of sp³-hybridized carbons (Fsp3) is 0.583. The lowest BCUT2D eigenvalue weighted by molar-refractivity contribution is 0.322. The molecule has 0 saturated carbocycles. The van der Waals surface area contributed by atoms with Gasteiger partial charge in [-0.2, -0.15) is 0 Å². The normalized spacial score (nSPS) is 11.8. The Bertz CT molecular complexity index is 306. The summed E-state index contributed by atoms with van der Waals surface area (Å²) in [4.78, 5) is 4.33. The number of nitrogens with zero attached hydrogens (tertiary/aromatic N) is 1. The predicted octanol–water partition coefficient (Wildman–Crippen LogP) is 2.05. The summed E-state index contributed by atoms with van der Waals surface area (Å²) in [6.07, 6.45) is 1.89. The van der Waals surface area contributed by atoms with Crippen molar-refractivity contribution in [1.29, 1.82) is 0 Å². The summed E-state index contributed by atoms with van der Waals surface area (Å²) in [5.74, 6) is 0.701. The highest BCUT2D eigenvalue weighted by Gasteiger charge is 2.08. The quantitative estimate of drug-likeness (QED) is 0.773. The summed E-state index contributed by atoms with van der Waals surface area (Å²) < 4.78 is 0. The van der Waals surface area contributed by atoms with Gasteiger partial charge in [0.05, 0.1) is 11.6 Å². The van der Waals surface area contributed by atoms with Crippen LogP contribution in [0.4, 0.5) is 0 Å². The second-order valence-corrected chi connectivity index (χ2v) is 5.80. The number of aliphatic hydroxyl groups is 1. The van der Waals surface area contributed by atoms with Gasteiger partial charge in [-0.15, -0.1) is 11.8 Å². The van der Waals surface area contributed by atoms with Gasteiger partial charge in [0, 0.05) is 24.0 Å². The van der Waals surface area contributed by atoms with Crippen LogP contribution in [0.3, 0.4) is 0 Å². The number of rotatable bonds is 5. The Kier molecular flexibility index (Phi) is 5.25. The van der Waals surface area contributed by atoms with Crippen LogP contribution < -0.4 is 5.32 Å². The molecule has 0 fully saturated rings. The highest BCUT2D eigenvalue weighted by molar-refractivity contribution is 7.99. The van der Waals surface area contributed by atoms with Crippen molar-refractivity contribution in [2.45, 2.75) is 37.9 Å². The Morgan fingerprint density at radius 3 is 2.62 bits per heavy atom. The average molecular weight is 240 g/mol. The number of nitrogens with one attached hydrogen (secondary N) is 1. The van der Waals surface area contributed by atoms with Crippen LogP contribution in [0.15, 0.2) is 23.4 Å². The van der Waals surface area contributed by atoms with Crippen molar-refractivity contribution < 1.29 is 5.11 Å². The molecule has 90 valence electrons. The third-order valence-electron chi connectivity index (χ3n) is 1.96. The lowest BCUT2D eigenvalue weighted by atomic mass is 10.1. The molecule has 0 aliphatic rings. The van der Waals surface area contributed by atoms with Gasteiger partial charge in [0.1, 0.15) is 0 Å². The number of pyridine rings is 1. The molecule has 0 aliphatic heterocycles. The molecular weight excluding hydrogens is 220 g/mol. The maximum atomic E-state index is 8.70. The van der Waals surface area contributed by atoms with Crippen LogP contribution in [-0.2, 0) is 6.54 Å². The molecule has 2 N–H and O–H groups in total. The van der Waals surface area contributed by atoms with Crippen molar-refractivity contribution in [3.63, 3.8) is 0 Å². The number of thioether (sulfide) groups is 1. The van der Waals surface area contributed by atoms with E-state index in [4.69, 9.17) is 5.11 Å². The number of aromatic nitrogens is 1. The molecule has 1 aromatic heterocycles. The zero-order chi connectivity index (χ0) is 12.0. The third kappa shape index (κ3) is 5.49. The molecule has 4 heteroatoms. The Morgan fingerprint density at radius 2 is 2.12 bits per heavy atom. The van der Waals surface area contributed by atoms with Gasteiger partial charge in [-0.1, -0.05) is 6.07 Å². The molecule has 0 unspecified atom stereocenters. The maximum Gasteiger partial charge on any atom is 0.0960 e. The highest BCUT2D eigenvalue weighted by Crippen LogP contribution is 2.14. The fourth-order valence-corrected chi connectivity index (χ4v) is 1.71. The van der Waals surface area contributed by atoms with E-state index in [0.717, 1.165) is 11.6 Å². The van der Waals surface area contributed by atoms with Crippen LogP contribution in [0.5, 0.6) is 0 Å². The first-order valence-corrected chi connectivity index (χ1v) is 6.43. The molecule has 0 aromatic carbocycles. The molecule has 0 amide bonds.